The maximum absolute atomic E-state index is 11.5. The van der Waals surface area contributed by atoms with Crippen molar-refractivity contribution in [3.05, 3.63) is 12.0 Å². The standard InChI is InChI=1S/C8H11N3O2/c1-8(2)7(12)9-3-5-6(10-8)4-13-11-5/h4,10H,3H2,1-2H3,(H,9,12). The van der Waals surface area contributed by atoms with Crippen LogP contribution in [0, 0.1) is 0 Å². The minimum Gasteiger partial charge on any atom is -0.367 e. The number of aromatic nitrogens is 1. The summed E-state index contributed by atoms with van der Waals surface area (Å²) in [6.07, 6.45) is 1.51. The molecule has 1 aromatic heterocycles. The lowest BCUT2D eigenvalue weighted by Gasteiger charge is -2.22. The van der Waals surface area contributed by atoms with Crippen LogP contribution in [-0.2, 0) is 11.3 Å². The van der Waals surface area contributed by atoms with Crippen LogP contribution in [0.1, 0.15) is 19.5 Å². The normalized spacial score (nSPS) is 19.7. The Kier molecular flexibility index (Phi) is 1.55. The van der Waals surface area contributed by atoms with E-state index in [0.29, 0.717) is 6.54 Å². The largest absolute Gasteiger partial charge is 0.367 e. The van der Waals surface area contributed by atoms with Crippen molar-refractivity contribution < 1.29 is 9.32 Å². The molecule has 2 rings (SSSR count). The van der Waals surface area contributed by atoms with E-state index in [1.807, 2.05) is 13.8 Å². The van der Waals surface area contributed by atoms with Crippen molar-refractivity contribution in [2.75, 3.05) is 5.32 Å². The summed E-state index contributed by atoms with van der Waals surface area (Å²) >= 11 is 0. The molecule has 0 spiro atoms. The van der Waals surface area contributed by atoms with E-state index in [2.05, 4.69) is 15.8 Å². The zero-order valence-corrected chi connectivity index (χ0v) is 7.55. The second-order valence-electron chi connectivity index (χ2n) is 3.61. The van der Waals surface area contributed by atoms with Gasteiger partial charge in [-0.1, -0.05) is 5.16 Å². The maximum Gasteiger partial charge on any atom is 0.245 e. The molecular formula is C8H11N3O2. The highest BCUT2D eigenvalue weighted by molar-refractivity contribution is 5.89. The van der Waals surface area contributed by atoms with Crippen LogP contribution in [0.3, 0.4) is 0 Å². The molecule has 0 aromatic carbocycles. The molecule has 0 bridgehead atoms. The van der Waals surface area contributed by atoms with Gasteiger partial charge in [-0.25, -0.2) is 0 Å². The van der Waals surface area contributed by atoms with Crippen LogP contribution in [0.15, 0.2) is 10.8 Å². The Morgan fingerprint density at radius 2 is 2.38 bits per heavy atom. The van der Waals surface area contributed by atoms with Crippen LogP contribution < -0.4 is 10.6 Å². The lowest BCUT2D eigenvalue weighted by Crippen LogP contribution is -2.45. The van der Waals surface area contributed by atoms with E-state index in [-0.39, 0.29) is 5.91 Å². The highest BCUT2D eigenvalue weighted by Gasteiger charge is 2.31. The molecule has 0 saturated carbocycles. The lowest BCUT2D eigenvalue weighted by molar-refractivity contribution is -0.124. The van der Waals surface area contributed by atoms with E-state index in [1.54, 1.807) is 0 Å². The van der Waals surface area contributed by atoms with Crippen molar-refractivity contribution in [1.29, 1.82) is 0 Å². The van der Waals surface area contributed by atoms with Crippen LogP contribution >= 0.6 is 0 Å². The number of hydrogen-bond donors (Lipinski definition) is 2. The molecule has 0 radical (unpaired) electrons. The molecule has 5 heteroatoms. The van der Waals surface area contributed by atoms with Gasteiger partial charge in [-0.05, 0) is 13.8 Å². The van der Waals surface area contributed by atoms with Crippen LogP contribution in [0.2, 0.25) is 0 Å². The fourth-order valence-corrected chi connectivity index (χ4v) is 1.27. The van der Waals surface area contributed by atoms with Crippen molar-refractivity contribution >= 4 is 11.6 Å². The first-order valence-corrected chi connectivity index (χ1v) is 4.09. The van der Waals surface area contributed by atoms with E-state index < -0.39 is 5.54 Å². The fraction of sp³-hybridized carbons (Fsp3) is 0.500. The smallest absolute Gasteiger partial charge is 0.245 e. The van der Waals surface area contributed by atoms with E-state index in [4.69, 9.17) is 4.52 Å². The third-order valence-electron chi connectivity index (χ3n) is 2.08. The average molecular weight is 181 g/mol. The Labute approximate surface area is 75.5 Å². The minimum absolute atomic E-state index is 0.0366. The number of nitrogens with one attached hydrogen (secondary N) is 2. The van der Waals surface area contributed by atoms with E-state index in [9.17, 15) is 4.79 Å². The van der Waals surface area contributed by atoms with Gasteiger partial charge in [0.25, 0.3) is 0 Å². The van der Waals surface area contributed by atoms with Crippen LogP contribution in [0.5, 0.6) is 0 Å². The number of carbonyl (C=O) groups excluding carboxylic acids is 1. The van der Waals surface area contributed by atoms with E-state index in [1.165, 1.54) is 6.26 Å². The second-order valence-corrected chi connectivity index (χ2v) is 3.61. The topological polar surface area (TPSA) is 67.2 Å². The van der Waals surface area contributed by atoms with Crippen molar-refractivity contribution in [2.45, 2.75) is 25.9 Å². The second kappa shape index (κ2) is 2.48. The van der Waals surface area contributed by atoms with Gasteiger partial charge in [0.1, 0.15) is 23.2 Å². The summed E-state index contributed by atoms with van der Waals surface area (Å²) in [6.45, 7) is 4.04. The molecule has 0 atom stereocenters. The molecule has 13 heavy (non-hydrogen) atoms. The first kappa shape index (κ1) is 8.10. The molecule has 1 aliphatic heterocycles. The molecule has 2 heterocycles. The third-order valence-corrected chi connectivity index (χ3v) is 2.08. The molecule has 0 aliphatic carbocycles. The summed E-state index contributed by atoms with van der Waals surface area (Å²) in [4.78, 5) is 11.5. The van der Waals surface area contributed by atoms with E-state index in [0.717, 1.165) is 11.4 Å². The Morgan fingerprint density at radius 1 is 1.62 bits per heavy atom. The molecular weight excluding hydrogens is 170 g/mol. The Hall–Kier alpha value is -1.52. The quantitative estimate of drug-likeness (QED) is 0.611. The van der Waals surface area contributed by atoms with Gasteiger partial charge in [0, 0.05) is 0 Å². The first-order valence-electron chi connectivity index (χ1n) is 4.09. The third kappa shape index (κ3) is 1.26. The number of rotatable bonds is 0. The van der Waals surface area contributed by atoms with Gasteiger partial charge in [0.2, 0.25) is 5.91 Å². The molecule has 1 amide bonds. The number of fused-ring (bicyclic) bond motifs is 1. The van der Waals surface area contributed by atoms with Crippen molar-refractivity contribution in [2.24, 2.45) is 0 Å². The number of nitrogens with zero attached hydrogens (tertiary/aromatic N) is 1. The molecule has 1 aliphatic rings. The summed E-state index contributed by atoms with van der Waals surface area (Å²) in [5, 5.41) is 9.58. The molecule has 70 valence electrons. The van der Waals surface area contributed by atoms with Crippen LogP contribution in [-0.4, -0.2) is 16.6 Å². The molecule has 5 nitrogen and oxygen atoms in total. The summed E-state index contributed by atoms with van der Waals surface area (Å²) in [7, 11) is 0. The molecule has 0 unspecified atom stereocenters. The Bertz CT molecular complexity index is 343. The average Bonchev–Trinajstić information content (AvgIpc) is 2.43. The summed E-state index contributed by atoms with van der Waals surface area (Å²) in [6, 6.07) is 0. The maximum atomic E-state index is 11.5. The number of anilines is 1. The summed E-state index contributed by atoms with van der Waals surface area (Å²) in [5.41, 5.74) is 0.902. The SMILES string of the molecule is CC1(C)Nc2conc2CNC1=O. The van der Waals surface area contributed by atoms with E-state index >= 15 is 0 Å². The predicted octanol–water partition coefficient (Wildman–Crippen LogP) is 0.495. The van der Waals surface area contributed by atoms with Gasteiger partial charge in [0.05, 0.1) is 6.54 Å². The Morgan fingerprint density at radius 3 is 3.15 bits per heavy atom. The zero-order valence-electron chi connectivity index (χ0n) is 7.55. The highest BCUT2D eigenvalue weighted by Crippen LogP contribution is 2.22. The molecule has 1 aromatic rings. The van der Waals surface area contributed by atoms with Gasteiger partial charge in [-0.2, -0.15) is 0 Å². The predicted molar refractivity (Wildman–Crippen MR) is 46.1 cm³/mol. The van der Waals surface area contributed by atoms with Gasteiger partial charge >= 0.3 is 0 Å². The van der Waals surface area contributed by atoms with Crippen molar-refractivity contribution in [3.8, 4) is 0 Å². The van der Waals surface area contributed by atoms with Crippen LogP contribution in [0.25, 0.3) is 0 Å². The van der Waals surface area contributed by atoms with Gasteiger partial charge < -0.3 is 15.2 Å². The highest BCUT2D eigenvalue weighted by atomic mass is 16.5. The van der Waals surface area contributed by atoms with Crippen LogP contribution in [0.4, 0.5) is 5.69 Å². The van der Waals surface area contributed by atoms with Crippen molar-refractivity contribution in [1.82, 2.24) is 10.5 Å². The lowest BCUT2D eigenvalue weighted by atomic mass is 10.1. The van der Waals surface area contributed by atoms with Gasteiger partial charge in [-0.3, -0.25) is 4.79 Å². The monoisotopic (exact) mass is 181 g/mol. The summed E-state index contributed by atoms with van der Waals surface area (Å²) in [5.74, 6) is -0.0366. The molecule has 2 N–H and O–H groups in total. The fourth-order valence-electron chi connectivity index (χ4n) is 1.27. The minimum atomic E-state index is -0.614. The van der Waals surface area contributed by atoms with Crippen molar-refractivity contribution in [3.63, 3.8) is 0 Å². The van der Waals surface area contributed by atoms with Gasteiger partial charge in [0.15, 0.2) is 0 Å². The molecule has 0 fully saturated rings. The Balaban J connectivity index is 2.37. The number of hydrogen-bond acceptors (Lipinski definition) is 4. The van der Waals surface area contributed by atoms with Gasteiger partial charge in [-0.15, -0.1) is 0 Å². The number of carbonyl (C=O) groups is 1. The molecule has 0 saturated heterocycles. The summed E-state index contributed by atoms with van der Waals surface area (Å²) < 4.78 is 4.79. The first-order chi connectivity index (χ1) is 6.09. The zero-order chi connectivity index (χ0) is 9.47. The number of amides is 1.